The molecule has 2 rings (SSSR count). The lowest BCUT2D eigenvalue weighted by molar-refractivity contribution is 0.0975. The minimum absolute atomic E-state index is 0.0421. The summed E-state index contributed by atoms with van der Waals surface area (Å²) in [6.07, 6.45) is -0.00148. The number of ether oxygens (including phenoxy) is 3. The molecule has 0 atom stereocenters. The Bertz CT molecular complexity index is 1270. The summed E-state index contributed by atoms with van der Waals surface area (Å²) in [7, 11) is -6.98. The second-order valence-electron chi connectivity index (χ2n) is 7.72. The van der Waals surface area contributed by atoms with Crippen LogP contribution in [0.3, 0.4) is 0 Å². The summed E-state index contributed by atoms with van der Waals surface area (Å²) >= 11 is 0. The van der Waals surface area contributed by atoms with Gasteiger partial charge in [-0.25, -0.2) is 0 Å². The molecule has 0 heterocycles. The molecule has 0 aliphatic rings. The summed E-state index contributed by atoms with van der Waals surface area (Å²) in [5.41, 5.74) is 0.459. The number of phenolic OH excluding ortho intramolecular Hbond substituents is 2. The van der Waals surface area contributed by atoms with Gasteiger partial charge in [-0.3, -0.25) is 13.9 Å². The predicted molar refractivity (Wildman–Crippen MR) is 128 cm³/mol. The number of aryl methyl sites for hydroxylation is 1. The van der Waals surface area contributed by atoms with Crippen molar-refractivity contribution in [3.05, 3.63) is 41.5 Å². The summed E-state index contributed by atoms with van der Waals surface area (Å²) < 4.78 is 77.0. The van der Waals surface area contributed by atoms with Crippen LogP contribution in [0.25, 0.3) is 0 Å². The average molecular weight is 549 g/mol. The molecule has 0 bridgehead atoms. The number of aromatic hydroxyl groups is 2. The number of hydrogen-bond donors (Lipinski definition) is 4. The van der Waals surface area contributed by atoms with E-state index < -0.39 is 43.3 Å². The number of hydrogen-bond acceptors (Lipinski definition) is 10. The van der Waals surface area contributed by atoms with Crippen molar-refractivity contribution in [2.45, 2.75) is 25.7 Å². The minimum atomic E-state index is -4.22. The molecule has 4 N–H and O–H groups in total. The molecule has 2 aromatic carbocycles. The lowest BCUT2D eigenvalue weighted by Crippen LogP contribution is -2.12. The highest BCUT2D eigenvalue weighted by Crippen LogP contribution is 2.35. The number of Topliss-reactive ketones (excluding diaryl/α,β-unsaturated/α-hetero) is 1. The highest BCUT2D eigenvalue weighted by Gasteiger charge is 2.21. The highest BCUT2D eigenvalue weighted by atomic mass is 32.2. The van der Waals surface area contributed by atoms with Gasteiger partial charge in [-0.1, -0.05) is 6.07 Å². The smallest absolute Gasteiger partial charge is 0.264 e. The molecule has 0 aliphatic carbocycles. The topological polar surface area (TPSA) is 194 Å². The van der Waals surface area contributed by atoms with E-state index in [9.17, 15) is 31.8 Å². The maximum atomic E-state index is 12.9. The number of carbonyl (C=O) groups is 1. The predicted octanol–water partition coefficient (Wildman–Crippen LogP) is 2.24. The van der Waals surface area contributed by atoms with Crippen molar-refractivity contribution in [3.8, 4) is 28.7 Å². The molecule has 36 heavy (non-hydrogen) atoms. The van der Waals surface area contributed by atoms with Crippen molar-refractivity contribution in [1.82, 2.24) is 0 Å². The van der Waals surface area contributed by atoms with Crippen LogP contribution in [0, 0.1) is 0 Å². The van der Waals surface area contributed by atoms with Crippen LogP contribution in [0.4, 0.5) is 0 Å². The average Bonchev–Trinajstić information content (AvgIpc) is 2.76. The maximum absolute atomic E-state index is 12.9. The molecule has 0 amide bonds. The van der Waals surface area contributed by atoms with Gasteiger partial charge in [-0.15, -0.1) is 0 Å². The van der Waals surface area contributed by atoms with Gasteiger partial charge in [0.25, 0.3) is 20.2 Å². The van der Waals surface area contributed by atoms with Gasteiger partial charge in [0.05, 0.1) is 31.8 Å². The second-order valence-corrected chi connectivity index (χ2v) is 10.9. The Kier molecular flexibility index (Phi) is 10.3. The van der Waals surface area contributed by atoms with E-state index in [1.165, 1.54) is 19.2 Å². The molecule has 0 spiro atoms. The number of rotatable bonds is 15. The van der Waals surface area contributed by atoms with E-state index in [1.54, 1.807) is 12.1 Å². The monoisotopic (exact) mass is 548 g/mol. The van der Waals surface area contributed by atoms with Crippen LogP contribution in [0.15, 0.2) is 30.3 Å². The molecule has 0 saturated carbocycles. The van der Waals surface area contributed by atoms with Crippen molar-refractivity contribution < 1.29 is 55.2 Å². The lowest BCUT2D eigenvalue weighted by Gasteiger charge is -2.15. The fraction of sp³-hybridized carbons (Fsp3) is 0.409. The first kappa shape index (κ1) is 29.2. The van der Waals surface area contributed by atoms with E-state index in [2.05, 4.69) is 0 Å². The SMILES string of the molecule is COc1ccc(CCC(=O)c2c(O)cc(OCCCS(=O)(=O)O)cc2OCCCS(=O)(=O)O)cc1O. The minimum Gasteiger partial charge on any atom is -0.507 e. The van der Waals surface area contributed by atoms with Gasteiger partial charge in [-0.05, 0) is 37.0 Å². The first-order chi connectivity index (χ1) is 16.8. The largest absolute Gasteiger partial charge is 0.507 e. The Morgan fingerprint density at radius 3 is 2.00 bits per heavy atom. The van der Waals surface area contributed by atoms with Crippen LogP contribution in [0.2, 0.25) is 0 Å². The molecule has 0 unspecified atom stereocenters. The van der Waals surface area contributed by atoms with E-state index >= 15 is 0 Å². The van der Waals surface area contributed by atoms with E-state index in [0.29, 0.717) is 5.56 Å². The lowest BCUT2D eigenvalue weighted by atomic mass is 10.0. The number of carbonyl (C=O) groups excluding carboxylic acids is 1. The molecule has 0 fully saturated rings. The quantitative estimate of drug-likeness (QED) is 0.144. The zero-order valence-corrected chi connectivity index (χ0v) is 21.0. The normalized spacial score (nSPS) is 11.8. The Morgan fingerprint density at radius 2 is 1.44 bits per heavy atom. The van der Waals surface area contributed by atoms with Gasteiger partial charge in [0, 0.05) is 18.6 Å². The van der Waals surface area contributed by atoms with E-state index in [4.69, 9.17) is 23.3 Å². The van der Waals surface area contributed by atoms with E-state index in [-0.39, 0.29) is 67.5 Å². The van der Waals surface area contributed by atoms with Crippen LogP contribution < -0.4 is 14.2 Å². The Morgan fingerprint density at radius 1 is 0.833 bits per heavy atom. The summed E-state index contributed by atoms with van der Waals surface area (Å²) in [5.74, 6) is -1.97. The molecule has 0 aromatic heterocycles. The van der Waals surface area contributed by atoms with Crippen LogP contribution in [-0.2, 0) is 26.7 Å². The van der Waals surface area contributed by atoms with Crippen molar-refractivity contribution >= 4 is 26.0 Å². The standard InChI is InChI=1S/C22H28O12S2/c1-32-20-7-5-15(12-18(20)24)4-6-17(23)22-19(25)13-16(33-8-2-10-35(26,27)28)14-21(22)34-9-3-11-36(29,30)31/h5,7,12-14,24-25H,2-4,6,8-11H2,1H3,(H,26,27,28)(H,29,30,31). The summed E-state index contributed by atoms with van der Waals surface area (Å²) in [6.45, 7) is -0.340. The Balaban J connectivity index is 2.18. The van der Waals surface area contributed by atoms with Gasteiger partial charge < -0.3 is 24.4 Å². The summed E-state index contributed by atoms with van der Waals surface area (Å²) in [4.78, 5) is 12.9. The number of ketones is 1. The molecule has 0 saturated heterocycles. The number of benzene rings is 2. The van der Waals surface area contributed by atoms with E-state index in [1.807, 2.05) is 0 Å². The van der Waals surface area contributed by atoms with Gasteiger partial charge in [0.1, 0.15) is 22.8 Å². The van der Waals surface area contributed by atoms with Crippen LogP contribution in [0.5, 0.6) is 28.7 Å². The molecular weight excluding hydrogens is 520 g/mol. The third kappa shape index (κ3) is 9.89. The Hall–Kier alpha value is -3.07. The van der Waals surface area contributed by atoms with Gasteiger partial charge in [-0.2, -0.15) is 16.8 Å². The maximum Gasteiger partial charge on any atom is 0.264 e. The molecule has 0 radical (unpaired) electrons. The fourth-order valence-corrected chi connectivity index (χ4v) is 4.15. The third-order valence-corrected chi connectivity index (χ3v) is 6.45. The van der Waals surface area contributed by atoms with Crippen molar-refractivity contribution in [2.24, 2.45) is 0 Å². The first-order valence-electron chi connectivity index (χ1n) is 10.7. The van der Waals surface area contributed by atoms with Crippen molar-refractivity contribution in [1.29, 1.82) is 0 Å². The van der Waals surface area contributed by atoms with Crippen LogP contribution >= 0.6 is 0 Å². The van der Waals surface area contributed by atoms with Crippen molar-refractivity contribution in [2.75, 3.05) is 31.8 Å². The molecular formula is C22H28O12S2. The zero-order chi connectivity index (χ0) is 26.9. The number of methoxy groups -OCH3 is 1. The van der Waals surface area contributed by atoms with Crippen LogP contribution in [-0.4, -0.2) is 73.8 Å². The van der Waals surface area contributed by atoms with Crippen LogP contribution in [0.1, 0.15) is 35.2 Å². The Labute approximate surface area is 208 Å². The van der Waals surface area contributed by atoms with Crippen molar-refractivity contribution in [3.63, 3.8) is 0 Å². The van der Waals surface area contributed by atoms with Gasteiger partial charge in [0.2, 0.25) is 0 Å². The molecule has 0 aliphatic heterocycles. The molecule has 2 aromatic rings. The zero-order valence-electron chi connectivity index (χ0n) is 19.4. The molecule has 200 valence electrons. The summed E-state index contributed by atoms with van der Waals surface area (Å²) in [5, 5.41) is 20.4. The van der Waals surface area contributed by atoms with Gasteiger partial charge in [0.15, 0.2) is 17.3 Å². The van der Waals surface area contributed by atoms with E-state index in [0.717, 1.165) is 6.07 Å². The fourth-order valence-electron chi connectivity index (χ4n) is 3.18. The van der Waals surface area contributed by atoms with Gasteiger partial charge >= 0.3 is 0 Å². The molecule has 12 nitrogen and oxygen atoms in total. The molecule has 14 heteroatoms. The number of phenols is 2. The third-order valence-electron chi connectivity index (χ3n) is 4.84. The first-order valence-corrected chi connectivity index (χ1v) is 13.9. The summed E-state index contributed by atoms with van der Waals surface area (Å²) in [6, 6.07) is 7.09. The highest BCUT2D eigenvalue weighted by molar-refractivity contribution is 7.86. The second kappa shape index (κ2) is 12.8.